The Morgan fingerprint density at radius 1 is 1.38 bits per heavy atom. The van der Waals surface area contributed by atoms with Crippen LogP contribution in [0.5, 0.6) is 0 Å². The van der Waals surface area contributed by atoms with Crippen molar-refractivity contribution in [3.05, 3.63) is 35.9 Å². The molecule has 2 atom stereocenters. The summed E-state index contributed by atoms with van der Waals surface area (Å²) >= 11 is 0. The van der Waals surface area contributed by atoms with Crippen molar-refractivity contribution in [1.29, 1.82) is 0 Å². The van der Waals surface area contributed by atoms with Crippen molar-refractivity contribution in [3.8, 4) is 0 Å². The topological polar surface area (TPSA) is 35.5 Å². The lowest BCUT2D eigenvalue weighted by molar-refractivity contribution is -0.144. The van der Waals surface area contributed by atoms with Gasteiger partial charge in [0.05, 0.1) is 12.2 Å². The molecular weight excluding hydrogens is 204 g/mol. The second-order valence-corrected chi connectivity index (χ2v) is 4.04. The molecule has 0 radical (unpaired) electrons. The van der Waals surface area contributed by atoms with E-state index in [1.807, 2.05) is 18.2 Å². The maximum Gasteiger partial charge on any atom is 0.302 e. The summed E-state index contributed by atoms with van der Waals surface area (Å²) in [5.41, 5.74) is 1.20. The lowest BCUT2D eigenvalue weighted by Crippen LogP contribution is -2.16. The average molecular weight is 220 g/mol. The zero-order chi connectivity index (χ0) is 11.4. The number of rotatable bonds is 3. The highest BCUT2D eigenvalue weighted by Crippen LogP contribution is 2.32. The van der Waals surface area contributed by atoms with Crippen LogP contribution < -0.4 is 0 Å². The molecule has 16 heavy (non-hydrogen) atoms. The SMILES string of the molecule is CC(=O)OCC1CCC(c2ccccc2)O1. The molecule has 0 N–H and O–H groups in total. The van der Waals surface area contributed by atoms with E-state index in [9.17, 15) is 4.79 Å². The smallest absolute Gasteiger partial charge is 0.302 e. The Morgan fingerprint density at radius 3 is 2.81 bits per heavy atom. The Kier molecular flexibility index (Phi) is 3.57. The lowest BCUT2D eigenvalue weighted by Gasteiger charge is -2.13. The van der Waals surface area contributed by atoms with Gasteiger partial charge >= 0.3 is 5.97 Å². The van der Waals surface area contributed by atoms with Gasteiger partial charge < -0.3 is 9.47 Å². The summed E-state index contributed by atoms with van der Waals surface area (Å²) in [5.74, 6) is -0.244. The van der Waals surface area contributed by atoms with Crippen LogP contribution in [0.3, 0.4) is 0 Å². The zero-order valence-corrected chi connectivity index (χ0v) is 9.39. The lowest BCUT2D eigenvalue weighted by atomic mass is 10.1. The molecule has 0 saturated carbocycles. The first-order chi connectivity index (χ1) is 7.75. The molecule has 0 aliphatic carbocycles. The predicted molar refractivity (Wildman–Crippen MR) is 59.9 cm³/mol. The fraction of sp³-hybridized carbons (Fsp3) is 0.462. The molecule has 1 aliphatic rings. The molecule has 0 bridgehead atoms. The van der Waals surface area contributed by atoms with Crippen molar-refractivity contribution in [2.24, 2.45) is 0 Å². The van der Waals surface area contributed by atoms with Crippen LogP contribution in [0, 0.1) is 0 Å². The molecule has 1 fully saturated rings. The van der Waals surface area contributed by atoms with Crippen molar-refractivity contribution in [2.45, 2.75) is 32.0 Å². The van der Waals surface area contributed by atoms with Gasteiger partial charge in [-0.05, 0) is 18.4 Å². The van der Waals surface area contributed by atoms with E-state index in [-0.39, 0.29) is 18.2 Å². The van der Waals surface area contributed by atoms with E-state index < -0.39 is 0 Å². The number of ether oxygens (including phenoxy) is 2. The Bertz CT molecular complexity index is 347. The summed E-state index contributed by atoms with van der Waals surface area (Å²) in [4.78, 5) is 10.7. The van der Waals surface area contributed by atoms with E-state index in [1.165, 1.54) is 12.5 Å². The van der Waals surface area contributed by atoms with Crippen molar-refractivity contribution >= 4 is 5.97 Å². The van der Waals surface area contributed by atoms with E-state index in [4.69, 9.17) is 9.47 Å². The minimum absolute atomic E-state index is 0.0501. The Balaban J connectivity index is 1.86. The van der Waals surface area contributed by atoms with Crippen LogP contribution in [0.15, 0.2) is 30.3 Å². The summed E-state index contributed by atoms with van der Waals surface area (Å²) in [6, 6.07) is 10.2. The normalized spacial score (nSPS) is 24.3. The maximum atomic E-state index is 10.7. The molecule has 1 heterocycles. The number of benzene rings is 1. The van der Waals surface area contributed by atoms with Crippen molar-refractivity contribution in [2.75, 3.05) is 6.61 Å². The van der Waals surface area contributed by atoms with E-state index in [0.29, 0.717) is 6.61 Å². The third kappa shape index (κ3) is 2.83. The van der Waals surface area contributed by atoms with Gasteiger partial charge in [0.2, 0.25) is 0 Å². The van der Waals surface area contributed by atoms with Gasteiger partial charge in [-0.25, -0.2) is 0 Å². The van der Waals surface area contributed by atoms with Crippen LogP contribution in [0.25, 0.3) is 0 Å². The molecule has 3 heteroatoms. The van der Waals surface area contributed by atoms with Crippen molar-refractivity contribution in [1.82, 2.24) is 0 Å². The van der Waals surface area contributed by atoms with Gasteiger partial charge in [-0.3, -0.25) is 4.79 Å². The van der Waals surface area contributed by atoms with Crippen molar-refractivity contribution in [3.63, 3.8) is 0 Å². The highest BCUT2D eigenvalue weighted by Gasteiger charge is 2.26. The second kappa shape index (κ2) is 5.12. The Hall–Kier alpha value is -1.35. The van der Waals surface area contributed by atoms with Crippen LogP contribution in [-0.4, -0.2) is 18.7 Å². The molecule has 1 saturated heterocycles. The Labute approximate surface area is 95.4 Å². The van der Waals surface area contributed by atoms with Crippen LogP contribution in [0.2, 0.25) is 0 Å². The van der Waals surface area contributed by atoms with Crippen LogP contribution in [0.4, 0.5) is 0 Å². The average Bonchev–Trinajstić information content (AvgIpc) is 2.76. The second-order valence-electron chi connectivity index (χ2n) is 4.04. The fourth-order valence-electron chi connectivity index (χ4n) is 1.95. The molecule has 1 aliphatic heterocycles. The summed E-state index contributed by atoms with van der Waals surface area (Å²) in [6.07, 6.45) is 2.15. The molecule has 3 nitrogen and oxygen atoms in total. The van der Waals surface area contributed by atoms with Gasteiger partial charge in [-0.15, -0.1) is 0 Å². The summed E-state index contributed by atoms with van der Waals surface area (Å²) in [7, 11) is 0. The first-order valence-electron chi connectivity index (χ1n) is 5.59. The summed E-state index contributed by atoms with van der Waals surface area (Å²) < 4.78 is 10.8. The minimum atomic E-state index is -0.244. The van der Waals surface area contributed by atoms with E-state index >= 15 is 0 Å². The highest BCUT2D eigenvalue weighted by molar-refractivity contribution is 5.65. The van der Waals surface area contributed by atoms with Gasteiger partial charge in [0.1, 0.15) is 6.61 Å². The number of hydrogen-bond donors (Lipinski definition) is 0. The Morgan fingerprint density at radius 2 is 2.12 bits per heavy atom. The zero-order valence-electron chi connectivity index (χ0n) is 9.39. The first-order valence-corrected chi connectivity index (χ1v) is 5.59. The van der Waals surface area contributed by atoms with Gasteiger partial charge in [-0.2, -0.15) is 0 Å². The van der Waals surface area contributed by atoms with Gasteiger partial charge in [0.15, 0.2) is 0 Å². The fourth-order valence-corrected chi connectivity index (χ4v) is 1.95. The number of carbonyl (C=O) groups is 1. The molecule has 0 amide bonds. The third-order valence-corrected chi connectivity index (χ3v) is 2.75. The number of carbonyl (C=O) groups excluding carboxylic acids is 1. The minimum Gasteiger partial charge on any atom is -0.463 e. The quantitative estimate of drug-likeness (QED) is 0.734. The summed E-state index contributed by atoms with van der Waals surface area (Å²) in [6.45, 7) is 1.79. The predicted octanol–water partition coefficient (Wildman–Crippen LogP) is 2.47. The van der Waals surface area contributed by atoms with Crippen LogP contribution in [0.1, 0.15) is 31.4 Å². The number of hydrogen-bond acceptors (Lipinski definition) is 3. The van der Waals surface area contributed by atoms with Crippen LogP contribution in [-0.2, 0) is 14.3 Å². The molecular formula is C13H16O3. The molecule has 0 spiro atoms. The van der Waals surface area contributed by atoms with Crippen LogP contribution >= 0.6 is 0 Å². The first kappa shape index (κ1) is 11.1. The molecule has 0 aromatic heterocycles. The van der Waals surface area contributed by atoms with Gasteiger partial charge in [0, 0.05) is 6.92 Å². The standard InChI is InChI=1S/C13H16O3/c1-10(14)15-9-12-7-8-13(16-12)11-5-3-2-4-6-11/h2-6,12-13H,7-9H2,1H3. The third-order valence-electron chi connectivity index (χ3n) is 2.75. The van der Waals surface area contributed by atoms with E-state index in [0.717, 1.165) is 12.8 Å². The van der Waals surface area contributed by atoms with E-state index in [1.54, 1.807) is 0 Å². The molecule has 86 valence electrons. The van der Waals surface area contributed by atoms with Gasteiger partial charge in [-0.1, -0.05) is 30.3 Å². The monoisotopic (exact) mass is 220 g/mol. The molecule has 2 unspecified atom stereocenters. The maximum absolute atomic E-state index is 10.7. The molecule has 1 aromatic carbocycles. The van der Waals surface area contributed by atoms with Gasteiger partial charge in [0.25, 0.3) is 0 Å². The number of esters is 1. The highest BCUT2D eigenvalue weighted by atomic mass is 16.6. The molecule has 1 aromatic rings. The summed E-state index contributed by atoms with van der Waals surface area (Å²) in [5, 5.41) is 0. The van der Waals surface area contributed by atoms with E-state index in [2.05, 4.69) is 12.1 Å². The molecule has 2 rings (SSSR count). The largest absolute Gasteiger partial charge is 0.463 e. The van der Waals surface area contributed by atoms with Crippen molar-refractivity contribution < 1.29 is 14.3 Å².